The Morgan fingerprint density at radius 3 is 2.44 bits per heavy atom. The van der Waals surface area contributed by atoms with Gasteiger partial charge in [-0.15, -0.1) is 0 Å². The molecule has 172 valence electrons. The summed E-state index contributed by atoms with van der Waals surface area (Å²) in [5, 5.41) is 10.2. The smallest absolute Gasteiger partial charge is 0.272 e. The summed E-state index contributed by atoms with van der Waals surface area (Å²) in [6, 6.07) is 18.9. The first-order valence-corrected chi connectivity index (χ1v) is 10.6. The van der Waals surface area contributed by atoms with Crippen LogP contribution in [0.3, 0.4) is 0 Å². The third-order valence-corrected chi connectivity index (χ3v) is 5.10. The van der Waals surface area contributed by atoms with Crippen LogP contribution in [0.4, 0.5) is 0 Å². The second-order valence-corrected chi connectivity index (χ2v) is 7.75. The summed E-state index contributed by atoms with van der Waals surface area (Å²) in [5.41, 5.74) is 7.66. The fraction of sp³-hybridized carbons (Fsp3) is 0.0833. The number of hydrogen-bond donors (Lipinski definition) is 3. The Bertz CT molecular complexity index is 1330. The Hall–Kier alpha value is -4.37. The summed E-state index contributed by atoms with van der Waals surface area (Å²) in [6.45, 7) is -0.0133. The van der Waals surface area contributed by atoms with Gasteiger partial charge in [0.15, 0.2) is 11.5 Å². The molecule has 4 N–H and O–H groups in total. The molecule has 0 aliphatic carbocycles. The zero-order chi connectivity index (χ0) is 24.1. The highest BCUT2D eigenvalue weighted by Crippen LogP contribution is 2.26. The molecule has 0 aliphatic rings. The van der Waals surface area contributed by atoms with Gasteiger partial charge >= 0.3 is 0 Å². The van der Waals surface area contributed by atoms with Crippen LogP contribution in [0.5, 0.6) is 0 Å². The topological polar surface area (TPSA) is 132 Å². The normalized spacial score (nSPS) is 10.6. The largest absolute Gasteiger partial charge is 0.463 e. The Kier molecular flexibility index (Phi) is 6.74. The van der Waals surface area contributed by atoms with Gasteiger partial charge in [0.2, 0.25) is 5.91 Å². The van der Waals surface area contributed by atoms with E-state index in [1.807, 2.05) is 6.07 Å². The molecular formula is C24H20ClN5O4. The predicted molar refractivity (Wildman–Crippen MR) is 125 cm³/mol. The van der Waals surface area contributed by atoms with Gasteiger partial charge in [0.1, 0.15) is 5.69 Å². The first-order valence-electron chi connectivity index (χ1n) is 10.2. The molecule has 0 aliphatic heterocycles. The van der Waals surface area contributed by atoms with Gasteiger partial charge in [-0.25, -0.2) is 4.68 Å². The molecule has 0 unspecified atom stereocenters. The number of hydrogen-bond acceptors (Lipinski definition) is 5. The fourth-order valence-electron chi connectivity index (χ4n) is 3.21. The third kappa shape index (κ3) is 5.33. The zero-order valence-corrected chi connectivity index (χ0v) is 18.6. The van der Waals surface area contributed by atoms with E-state index < -0.39 is 11.8 Å². The molecule has 10 heteroatoms. The molecular weight excluding hydrogens is 458 g/mol. The first kappa shape index (κ1) is 22.8. The second kappa shape index (κ2) is 10.1. The van der Waals surface area contributed by atoms with Crippen molar-refractivity contribution in [2.24, 2.45) is 5.73 Å². The Labute approximate surface area is 199 Å². The third-order valence-electron chi connectivity index (χ3n) is 4.86. The molecule has 0 radical (unpaired) electrons. The van der Waals surface area contributed by atoms with E-state index in [0.29, 0.717) is 27.7 Å². The number of nitrogens with zero attached hydrogens (tertiary/aromatic N) is 2. The van der Waals surface area contributed by atoms with Crippen molar-refractivity contribution in [3.05, 3.63) is 94.8 Å². The van der Waals surface area contributed by atoms with E-state index in [1.165, 1.54) is 0 Å². The lowest BCUT2D eigenvalue weighted by molar-refractivity contribution is -0.117. The Morgan fingerprint density at radius 2 is 1.76 bits per heavy atom. The van der Waals surface area contributed by atoms with Gasteiger partial charge in [0.25, 0.3) is 11.8 Å². The molecule has 0 bridgehead atoms. The lowest BCUT2D eigenvalue weighted by atomic mass is 10.1. The van der Waals surface area contributed by atoms with Crippen LogP contribution in [0, 0.1) is 0 Å². The summed E-state index contributed by atoms with van der Waals surface area (Å²) in [7, 11) is 0. The second-order valence-electron chi connectivity index (χ2n) is 7.31. The Balaban J connectivity index is 1.48. The van der Waals surface area contributed by atoms with Crippen molar-refractivity contribution in [1.29, 1.82) is 0 Å². The minimum Gasteiger partial charge on any atom is -0.463 e. The number of benzene rings is 2. The maximum Gasteiger partial charge on any atom is 0.272 e. The van der Waals surface area contributed by atoms with E-state index in [1.54, 1.807) is 71.6 Å². The molecule has 0 spiro atoms. The van der Waals surface area contributed by atoms with Gasteiger partial charge in [-0.2, -0.15) is 5.10 Å². The van der Waals surface area contributed by atoms with Crippen LogP contribution >= 0.6 is 11.6 Å². The number of amides is 3. The number of primary amides is 1. The minimum atomic E-state index is -0.624. The lowest BCUT2D eigenvalue weighted by Gasteiger charge is -2.06. The molecule has 0 saturated carbocycles. The van der Waals surface area contributed by atoms with Crippen LogP contribution < -0.4 is 16.4 Å². The highest BCUT2D eigenvalue weighted by molar-refractivity contribution is 6.30. The van der Waals surface area contributed by atoms with Gasteiger partial charge in [-0.3, -0.25) is 14.4 Å². The predicted octanol–water partition coefficient (Wildman–Crippen LogP) is 2.93. The number of furan rings is 1. The van der Waals surface area contributed by atoms with Crippen LogP contribution in [-0.4, -0.2) is 34.0 Å². The molecule has 9 nitrogen and oxygen atoms in total. The number of carbonyl (C=O) groups is 3. The zero-order valence-electron chi connectivity index (χ0n) is 17.8. The van der Waals surface area contributed by atoms with E-state index in [2.05, 4.69) is 15.7 Å². The van der Waals surface area contributed by atoms with Crippen LogP contribution in [0.15, 0.2) is 77.4 Å². The number of rotatable bonds is 8. The highest BCUT2D eigenvalue weighted by atomic mass is 35.5. The molecule has 4 rings (SSSR count). The monoisotopic (exact) mass is 477 g/mol. The molecule has 0 saturated heterocycles. The first-order chi connectivity index (χ1) is 16.4. The van der Waals surface area contributed by atoms with Crippen LogP contribution in [0.2, 0.25) is 5.02 Å². The van der Waals surface area contributed by atoms with Gasteiger partial charge in [-0.05, 0) is 48.0 Å². The lowest BCUT2D eigenvalue weighted by Crippen LogP contribution is -2.33. The van der Waals surface area contributed by atoms with Crippen molar-refractivity contribution in [2.45, 2.75) is 6.54 Å². The average Bonchev–Trinajstić information content (AvgIpc) is 3.51. The van der Waals surface area contributed by atoms with Crippen LogP contribution in [-0.2, 0) is 11.3 Å². The van der Waals surface area contributed by atoms with Crippen molar-refractivity contribution in [1.82, 2.24) is 20.4 Å². The van der Waals surface area contributed by atoms with E-state index in [4.69, 9.17) is 21.8 Å². The summed E-state index contributed by atoms with van der Waals surface area (Å²) >= 11 is 6.13. The number of aromatic nitrogens is 2. The van der Waals surface area contributed by atoms with Gasteiger partial charge in [0.05, 0.1) is 18.5 Å². The summed E-state index contributed by atoms with van der Waals surface area (Å²) in [6.07, 6.45) is 1.54. The Morgan fingerprint density at radius 1 is 0.971 bits per heavy atom. The van der Waals surface area contributed by atoms with Crippen LogP contribution in [0.25, 0.3) is 17.1 Å². The molecule has 2 heterocycles. The van der Waals surface area contributed by atoms with Gasteiger partial charge in [0, 0.05) is 23.2 Å². The van der Waals surface area contributed by atoms with E-state index in [0.717, 1.165) is 5.56 Å². The molecule has 34 heavy (non-hydrogen) atoms. The molecule has 0 fully saturated rings. The maximum absolute atomic E-state index is 12.8. The van der Waals surface area contributed by atoms with Crippen LogP contribution in [0.1, 0.15) is 26.4 Å². The molecule has 2 aromatic carbocycles. The molecule has 4 aromatic rings. The number of halogens is 1. The van der Waals surface area contributed by atoms with Crippen molar-refractivity contribution < 1.29 is 18.8 Å². The summed E-state index contributed by atoms with van der Waals surface area (Å²) in [5.74, 6) is -0.860. The quantitative estimate of drug-likeness (QED) is 0.359. The minimum absolute atomic E-state index is 0.203. The fourth-order valence-corrected chi connectivity index (χ4v) is 3.40. The van der Waals surface area contributed by atoms with Crippen molar-refractivity contribution in [3.8, 4) is 17.1 Å². The van der Waals surface area contributed by atoms with E-state index in [9.17, 15) is 14.4 Å². The van der Waals surface area contributed by atoms with Gasteiger partial charge < -0.3 is 20.8 Å². The van der Waals surface area contributed by atoms with Crippen molar-refractivity contribution >= 4 is 29.3 Å². The summed E-state index contributed by atoms with van der Waals surface area (Å²) < 4.78 is 7.11. The number of nitrogens with one attached hydrogen (secondary N) is 2. The van der Waals surface area contributed by atoms with E-state index >= 15 is 0 Å². The number of nitrogens with two attached hydrogens (primary N) is 1. The highest BCUT2D eigenvalue weighted by Gasteiger charge is 2.18. The molecule has 0 atom stereocenters. The van der Waals surface area contributed by atoms with Crippen molar-refractivity contribution in [3.63, 3.8) is 0 Å². The average molecular weight is 478 g/mol. The van der Waals surface area contributed by atoms with Crippen molar-refractivity contribution in [2.75, 3.05) is 6.54 Å². The standard InChI is InChI=1S/C24H20ClN5O4/c25-17-3-1-4-18(11-17)30-20(21-5-2-10-34-21)12-19(29-30)24(33)27-13-15-6-8-16(9-7-15)23(32)28-14-22(26)31/h1-12H,13-14H2,(H2,26,31)(H,27,33)(H,28,32). The molecule has 2 aromatic heterocycles. The SMILES string of the molecule is NC(=O)CNC(=O)c1ccc(CNC(=O)c2cc(-c3ccco3)n(-c3cccc(Cl)c3)n2)cc1. The number of carbonyl (C=O) groups excluding carboxylic acids is 3. The van der Waals surface area contributed by atoms with Gasteiger partial charge in [-0.1, -0.05) is 29.8 Å². The summed E-state index contributed by atoms with van der Waals surface area (Å²) in [4.78, 5) is 35.6. The molecule has 3 amide bonds. The maximum atomic E-state index is 12.8. The van der Waals surface area contributed by atoms with E-state index in [-0.39, 0.29) is 24.7 Å².